The lowest BCUT2D eigenvalue weighted by molar-refractivity contribution is 0.467. The van der Waals surface area contributed by atoms with E-state index in [1.54, 1.807) is 6.07 Å². The van der Waals surface area contributed by atoms with Gasteiger partial charge in [-0.15, -0.1) is 0 Å². The van der Waals surface area contributed by atoms with Gasteiger partial charge in [0.25, 0.3) is 0 Å². The number of hydrogen-bond acceptors (Lipinski definition) is 2. The van der Waals surface area contributed by atoms with Crippen molar-refractivity contribution in [3.05, 3.63) is 42.0 Å². The lowest BCUT2D eigenvalue weighted by Gasteiger charge is -2.11. The minimum Gasteiger partial charge on any atom is -0.508 e. The third-order valence-corrected chi connectivity index (χ3v) is 2.54. The zero-order chi connectivity index (χ0) is 10.8. The third kappa shape index (κ3) is 1.95. The maximum Gasteiger partial charge on any atom is 0.119 e. The van der Waals surface area contributed by atoms with Crippen molar-refractivity contribution >= 4 is 10.8 Å². The number of phenols is 1. The maximum atomic E-state index is 9.80. The molecule has 0 spiro atoms. The summed E-state index contributed by atoms with van der Waals surface area (Å²) in [5.41, 5.74) is 6.72. The Kier molecular flexibility index (Phi) is 2.60. The van der Waals surface area contributed by atoms with Crippen molar-refractivity contribution in [2.45, 2.75) is 19.4 Å². The van der Waals surface area contributed by atoms with Crippen LogP contribution >= 0.6 is 0 Å². The quantitative estimate of drug-likeness (QED) is 0.783. The van der Waals surface area contributed by atoms with Gasteiger partial charge in [0.1, 0.15) is 5.75 Å². The average Bonchev–Trinajstić information content (AvgIpc) is 2.22. The number of nitrogens with two attached hydrogens (primary N) is 1. The second kappa shape index (κ2) is 3.91. The van der Waals surface area contributed by atoms with E-state index in [-0.39, 0.29) is 6.04 Å². The molecule has 2 rings (SSSR count). The Morgan fingerprint density at radius 1 is 1.20 bits per heavy atom. The first-order valence-corrected chi connectivity index (χ1v) is 5.13. The van der Waals surface area contributed by atoms with Crippen LogP contribution < -0.4 is 5.73 Å². The second-order valence-electron chi connectivity index (χ2n) is 3.97. The van der Waals surface area contributed by atoms with E-state index in [0.717, 1.165) is 16.3 Å². The first-order valence-electron chi connectivity index (χ1n) is 5.13. The van der Waals surface area contributed by atoms with Gasteiger partial charge >= 0.3 is 0 Å². The monoisotopic (exact) mass is 201 g/mol. The van der Waals surface area contributed by atoms with Crippen LogP contribution in [-0.2, 0) is 6.42 Å². The van der Waals surface area contributed by atoms with Crippen LogP contribution in [0.25, 0.3) is 10.8 Å². The standard InChI is InChI=1S/C13H15NO/c1-9(14)8-12-11-5-3-2-4-10(11)6-7-13(12)15/h2-7,9,15H,8,14H2,1H3. The van der Waals surface area contributed by atoms with E-state index in [1.807, 2.05) is 37.3 Å². The molecule has 0 saturated carbocycles. The Labute approximate surface area is 89.3 Å². The molecule has 1 unspecified atom stereocenters. The minimum absolute atomic E-state index is 0.0571. The summed E-state index contributed by atoms with van der Waals surface area (Å²) >= 11 is 0. The van der Waals surface area contributed by atoms with Gasteiger partial charge < -0.3 is 10.8 Å². The Morgan fingerprint density at radius 2 is 1.93 bits per heavy atom. The molecule has 2 nitrogen and oxygen atoms in total. The highest BCUT2D eigenvalue weighted by atomic mass is 16.3. The summed E-state index contributed by atoms with van der Waals surface area (Å²) in [6.07, 6.45) is 0.702. The number of rotatable bonds is 2. The van der Waals surface area contributed by atoms with Crippen LogP contribution in [0.4, 0.5) is 0 Å². The van der Waals surface area contributed by atoms with Crippen molar-refractivity contribution in [2.24, 2.45) is 5.73 Å². The highest BCUT2D eigenvalue weighted by Crippen LogP contribution is 2.27. The molecule has 0 aliphatic rings. The molecule has 0 heterocycles. The lowest BCUT2D eigenvalue weighted by atomic mass is 9.99. The summed E-state index contributed by atoms with van der Waals surface area (Å²) in [7, 11) is 0. The molecule has 78 valence electrons. The fourth-order valence-electron chi connectivity index (χ4n) is 1.86. The first kappa shape index (κ1) is 9.99. The molecule has 0 aromatic heterocycles. The van der Waals surface area contributed by atoms with E-state index in [2.05, 4.69) is 0 Å². The van der Waals surface area contributed by atoms with Gasteiger partial charge in [0.15, 0.2) is 0 Å². The van der Waals surface area contributed by atoms with Gasteiger partial charge in [0.2, 0.25) is 0 Å². The molecule has 0 aliphatic heterocycles. The Bertz CT molecular complexity index is 477. The lowest BCUT2D eigenvalue weighted by Crippen LogP contribution is -2.18. The van der Waals surface area contributed by atoms with Crippen molar-refractivity contribution in [1.29, 1.82) is 0 Å². The van der Waals surface area contributed by atoms with Crippen molar-refractivity contribution in [2.75, 3.05) is 0 Å². The van der Waals surface area contributed by atoms with Crippen LogP contribution in [0.5, 0.6) is 5.75 Å². The molecule has 1 atom stereocenters. The van der Waals surface area contributed by atoms with Crippen LogP contribution in [0, 0.1) is 0 Å². The topological polar surface area (TPSA) is 46.2 Å². The van der Waals surface area contributed by atoms with Gasteiger partial charge in [-0.05, 0) is 30.2 Å². The van der Waals surface area contributed by atoms with Gasteiger partial charge in [-0.25, -0.2) is 0 Å². The normalized spacial score (nSPS) is 12.9. The smallest absolute Gasteiger partial charge is 0.119 e. The molecular weight excluding hydrogens is 186 g/mol. The SMILES string of the molecule is CC(N)Cc1c(O)ccc2ccccc12. The number of fused-ring (bicyclic) bond motifs is 1. The van der Waals surface area contributed by atoms with E-state index >= 15 is 0 Å². The number of phenolic OH excluding ortho intramolecular Hbond substituents is 1. The van der Waals surface area contributed by atoms with Gasteiger partial charge in [-0.1, -0.05) is 30.3 Å². The minimum atomic E-state index is 0.0571. The van der Waals surface area contributed by atoms with E-state index in [4.69, 9.17) is 5.73 Å². The number of aromatic hydroxyl groups is 1. The fraction of sp³-hybridized carbons (Fsp3) is 0.231. The molecule has 3 N–H and O–H groups in total. The molecule has 0 fully saturated rings. The summed E-state index contributed by atoms with van der Waals surface area (Å²) in [5, 5.41) is 12.0. The van der Waals surface area contributed by atoms with Crippen LogP contribution in [0.3, 0.4) is 0 Å². The van der Waals surface area contributed by atoms with Gasteiger partial charge in [0, 0.05) is 11.6 Å². The predicted octanol–water partition coefficient (Wildman–Crippen LogP) is 2.44. The molecule has 0 saturated heterocycles. The summed E-state index contributed by atoms with van der Waals surface area (Å²) in [6, 6.07) is 11.8. The van der Waals surface area contributed by atoms with Crippen LogP contribution in [-0.4, -0.2) is 11.1 Å². The largest absolute Gasteiger partial charge is 0.508 e. The van der Waals surface area contributed by atoms with Crippen molar-refractivity contribution in [1.82, 2.24) is 0 Å². The average molecular weight is 201 g/mol. The molecule has 2 aromatic carbocycles. The van der Waals surface area contributed by atoms with Crippen molar-refractivity contribution < 1.29 is 5.11 Å². The van der Waals surface area contributed by atoms with E-state index in [0.29, 0.717) is 12.2 Å². The van der Waals surface area contributed by atoms with Crippen LogP contribution in [0.15, 0.2) is 36.4 Å². The summed E-state index contributed by atoms with van der Waals surface area (Å²) in [4.78, 5) is 0. The van der Waals surface area contributed by atoms with Gasteiger partial charge in [-0.3, -0.25) is 0 Å². The fourth-order valence-corrected chi connectivity index (χ4v) is 1.86. The zero-order valence-corrected chi connectivity index (χ0v) is 8.77. The zero-order valence-electron chi connectivity index (χ0n) is 8.77. The summed E-state index contributed by atoms with van der Waals surface area (Å²) in [6.45, 7) is 1.95. The molecule has 2 heteroatoms. The third-order valence-electron chi connectivity index (χ3n) is 2.54. The summed E-state index contributed by atoms with van der Waals surface area (Å²) in [5.74, 6) is 0.339. The molecule has 2 aromatic rings. The van der Waals surface area contributed by atoms with E-state index in [1.165, 1.54) is 0 Å². The van der Waals surface area contributed by atoms with Gasteiger partial charge in [-0.2, -0.15) is 0 Å². The summed E-state index contributed by atoms with van der Waals surface area (Å²) < 4.78 is 0. The van der Waals surface area contributed by atoms with Crippen LogP contribution in [0.1, 0.15) is 12.5 Å². The molecular formula is C13H15NO. The van der Waals surface area contributed by atoms with Crippen molar-refractivity contribution in [3.63, 3.8) is 0 Å². The van der Waals surface area contributed by atoms with E-state index < -0.39 is 0 Å². The highest BCUT2D eigenvalue weighted by molar-refractivity contribution is 5.87. The maximum absolute atomic E-state index is 9.80. The van der Waals surface area contributed by atoms with Crippen LogP contribution in [0.2, 0.25) is 0 Å². The molecule has 15 heavy (non-hydrogen) atoms. The second-order valence-corrected chi connectivity index (χ2v) is 3.97. The Morgan fingerprint density at radius 3 is 2.67 bits per heavy atom. The molecule has 0 radical (unpaired) electrons. The number of hydrogen-bond donors (Lipinski definition) is 2. The first-order chi connectivity index (χ1) is 7.18. The van der Waals surface area contributed by atoms with E-state index in [9.17, 15) is 5.11 Å². The van der Waals surface area contributed by atoms with Crippen molar-refractivity contribution in [3.8, 4) is 5.75 Å². The molecule has 0 aliphatic carbocycles. The number of benzene rings is 2. The highest BCUT2D eigenvalue weighted by Gasteiger charge is 2.08. The molecule has 0 amide bonds. The van der Waals surface area contributed by atoms with Gasteiger partial charge in [0.05, 0.1) is 0 Å². The predicted molar refractivity (Wildman–Crippen MR) is 63.0 cm³/mol. The Balaban J connectivity index is 2.63. The molecule has 0 bridgehead atoms. The Hall–Kier alpha value is -1.54.